The van der Waals surface area contributed by atoms with Gasteiger partial charge in [-0.25, -0.2) is 0 Å². The molecule has 1 unspecified atom stereocenters. The van der Waals surface area contributed by atoms with Gasteiger partial charge in [0.15, 0.2) is 0 Å². The molecule has 2 aromatic rings. The molecule has 146 valence electrons. The Labute approximate surface area is 166 Å². The van der Waals surface area contributed by atoms with Crippen LogP contribution in [0.5, 0.6) is 0 Å². The molecule has 5 heteroatoms. The standard InChI is InChI=1S/C22H30N2O2S/c1-23(22(25)21-13-12-20(27-21)17-26-2)19-11-7-15-24(16-19)14-6-10-18-8-4-3-5-9-18/h3-5,8-9,12-13,19H,6-7,10-11,14-17H2,1-2H3. The van der Waals surface area contributed by atoms with E-state index in [1.54, 1.807) is 18.4 Å². The number of carbonyl (C=O) groups is 1. The molecule has 1 atom stereocenters. The molecule has 1 amide bonds. The molecule has 3 rings (SSSR count). The van der Waals surface area contributed by atoms with Gasteiger partial charge >= 0.3 is 0 Å². The van der Waals surface area contributed by atoms with Crippen molar-refractivity contribution in [2.75, 3.05) is 33.8 Å². The molecule has 1 aliphatic rings. The molecule has 4 nitrogen and oxygen atoms in total. The topological polar surface area (TPSA) is 32.8 Å². The minimum atomic E-state index is 0.137. The van der Waals surface area contributed by atoms with E-state index in [2.05, 4.69) is 35.2 Å². The third kappa shape index (κ3) is 5.64. The minimum absolute atomic E-state index is 0.137. The lowest BCUT2D eigenvalue weighted by atomic mass is 10.0. The van der Waals surface area contributed by atoms with Crippen LogP contribution in [-0.2, 0) is 17.8 Å². The van der Waals surface area contributed by atoms with Gasteiger partial charge in [-0.2, -0.15) is 0 Å². The van der Waals surface area contributed by atoms with E-state index >= 15 is 0 Å². The molecule has 0 spiro atoms. The van der Waals surface area contributed by atoms with E-state index in [1.165, 1.54) is 12.0 Å². The van der Waals surface area contributed by atoms with Crippen molar-refractivity contribution in [2.24, 2.45) is 0 Å². The SMILES string of the molecule is COCc1ccc(C(=O)N(C)C2CCCN(CCCc3ccccc3)C2)s1. The van der Waals surface area contributed by atoms with Crippen LogP contribution in [0.4, 0.5) is 0 Å². The van der Waals surface area contributed by atoms with Crippen molar-refractivity contribution in [3.05, 3.63) is 57.8 Å². The number of hydrogen-bond acceptors (Lipinski definition) is 4. The van der Waals surface area contributed by atoms with Crippen LogP contribution in [0.1, 0.15) is 39.4 Å². The Morgan fingerprint density at radius 3 is 2.85 bits per heavy atom. The average Bonchev–Trinajstić information content (AvgIpc) is 3.17. The predicted molar refractivity (Wildman–Crippen MR) is 111 cm³/mol. The Bertz CT molecular complexity index is 716. The zero-order chi connectivity index (χ0) is 19.1. The smallest absolute Gasteiger partial charge is 0.263 e. The van der Waals surface area contributed by atoms with Crippen LogP contribution < -0.4 is 0 Å². The summed E-state index contributed by atoms with van der Waals surface area (Å²) in [5.74, 6) is 0.137. The fraction of sp³-hybridized carbons (Fsp3) is 0.500. The molecule has 1 aliphatic heterocycles. The molecule has 1 aromatic carbocycles. The minimum Gasteiger partial charge on any atom is -0.379 e. The monoisotopic (exact) mass is 386 g/mol. The summed E-state index contributed by atoms with van der Waals surface area (Å²) in [5, 5.41) is 0. The van der Waals surface area contributed by atoms with E-state index in [9.17, 15) is 4.79 Å². The van der Waals surface area contributed by atoms with Crippen molar-refractivity contribution in [3.63, 3.8) is 0 Å². The number of benzene rings is 1. The first kappa shape index (κ1) is 20.1. The lowest BCUT2D eigenvalue weighted by Gasteiger charge is -2.37. The van der Waals surface area contributed by atoms with Gasteiger partial charge in [-0.3, -0.25) is 4.79 Å². The Hall–Kier alpha value is -1.69. The number of thiophene rings is 1. The summed E-state index contributed by atoms with van der Waals surface area (Å²) >= 11 is 1.54. The number of aryl methyl sites for hydroxylation is 1. The van der Waals surface area contributed by atoms with Crippen molar-refractivity contribution in [3.8, 4) is 0 Å². The van der Waals surface area contributed by atoms with Crippen LogP contribution in [0.15, 0.2) is 42.5 Å². The van der Waals surface area contributed by atoms with E-state index in [0.717, 1.165) is 48.7 Å². The number of piperidine rings is 1. The second-order valence-corrected chi connectivity index (χ2v) is 8.47. The quantitative estimate of drug-likeness (QED) is 0.686. The molecule has 1 aromatic heterocycles. The molecule has 2 heterocycles. The Morgan fingerprint density at radius 2 is 2.07 bits per heavy atom. The van der Waals surface area contributed by atoms with Gasteiger partial charge in [0, 0.05) is 31.6 Å². The highest BCUT2D eigenvalue weighted by Gasteiger charge is 2.27. The fourth-order valence-electron chi connectivity index (χ4n) is 3.75. The van der Waals surface area contributed by atoms with Crippen LogP contribution in [0.3, 0.4) is 0 Å². The number of methoxy groups -OCH3 is 1. The number of nitrogens with zero attached hydrogens (tertiary/aromatic N) is 2. The Morgan fingerprint density at radius 1 is 1.26 bits per heavy atom. The lowest BCUT2D eigenvalue weighted by Crippen LogP contribution is -2.48. The maximum atomic E-state index is 12.8. The largest absolute Gasteiger partial charge is 0.379 e. The maximum absolute atomic E-state index is 12.8. The number of amides is 1. The van der Waals surface area contributed by atoms with Gasteiger partial charge in [-0.15, -0.1) is 11.3 Å². The Kier molecular flexibility index (Phi) is 7.44. The molecule has 0 N–H and O–H groups in total. The first-order valence-electron chi connectivity index (χ1n) is 9.78. The van der Waals surface area contributed by atoms with Gasteiger partial charge in [-0.05, 0) is 56.5 Å². The zero-order valence-corrected chi connectivity index (χ0v) is 17.2. The van der Waals surface area contributed by atoms with Gasteiger partial charge in [-0.1, -0.05) is 30.3 Å². The van der Waals surface area contributed by atoms with Crippen molar-refractivity contribution >= 4 is 17.2 Å². The van der Waals surface area contributed by atoms with Crippen molar-refractivity contribution in [1.29, 1.82) is 0 Å². The normalized spacial score (nSPS) is 17.8. The number of likely N-dealkylation sites (tertiary alicyclic amines) is 1. The van der Waals surface area contributed by atoms with Gasteiger partial charge in [0.25, 0.3) is 5.91 Å². The van der Waals surface area contributed by atoms with E-state index in [-0.39, 0.29) is 5.91 Å². The molecule has 0 radical (unpaired) electrons. The molecule has 0 aliphatic carbocycles. The van der Waals surface area contributed by atoms with Crippen molar-refractivity contribution in [2.45, 2.75) is 38.3 Å². The second kappa shape index (κ2) is 10.0. The number of hydrogen-bond donors (Lipinski definition) is 0. The molecule has 1 fully saturated rings. The number of rotatable bonds is 8. The lowest BCUT2D eigenvalue weighted by molar-refractivity contribution is 0.0621. The first-order valence-corrected chi connectivity index (χ1v) is 10.6. The Balaban J connectivity index is 1.49. The van der Waals surface area contributed by atoms with Gasteiger partial charge in [0.1, 0.15) is 0 Å². The molecule has 0 saturated carbocycles. The third-order valence-electron chi connectivity index (χ3n) is 5.29. The molecule has 27 heavy (non-hydrogen) atoms. The molecular weight excluding hydrogens is 356 g/mol. The second-order valence-electron chi connectivity index (χ2n) is 7.30. The maximum Gasteiger partial charge on any atom is 0.263 e. The summed E-state index contributed by atoms with van der Waals surface area (Å²) in [6.45, 7) is 3.79. The number of carbonyl (C=O) groups excluding carboxylic acids is 1. The van der Waals surface area contributed by atoms with E-state index in [1.807, 2.05) is 24.1 Å². The van der Waals surface area contributed by atoms with E-state index in [4.69, 9.17) is 4.74 Å². The third-order valence-corrected chi connectivity index (χ3v) is 6.34. The highest BCUT2D eigenvalue weighted by Crippen LogP contribution is 2.22. The van der Waals surface area contributed by atoms with Crippen LogP contribution in [0, 0.1) is 0 Å². The molecular formula is C22H30N2O2S. The van der Waals surface area contributed by atoms with E-state index in [0.29, 0.717) is 12.6 Å². The molecule has 0 bridgehead atoms. The van der Waals surface area contributed by atoms with Crippen LogP contribution >= 0.6 is 11.3 Å². The number of likely N-dealkylation sites (N-methyl/N-ethyl adjacent to an activating group) is 1. The van der Waals surface area contributed by atoms with Crippen molar-refractivity contribution in [1.82, 2.24) is 9.80 Å². The zero-order valence-electron chi connectivity index (χ0n) is 16.4. The summed E-state index contributed by atoms with van der Waals surface area (Å²) in [7, 11) is 3.64. The predicted octanol–water partition coefficient (Wildman–Crippen LogP) is 4.06. The van der Waals surface area contributed by atoms with Crippen LogP contribution in [0.25, 0.3) is 0 Å². The summed E-state index contributed by atoms with van der Waals surface area (Å²) in [5.41, 5.74) is 1.41. The average molecular weight is 387 g/mol. The highest BCUT2D eigenvalue weighted by atomic mass is 32.1. The fourth-order valence-corrected chi connectivity index (χ4v) is 4.72. The first-order chi connectivity index (χ1) is 13.2. The van der Waals surface area contributed by atoms with Crippen molar-refractivity contribution < 1.29 is 9.53 Å². The summed E-state index contributed by atoms with van der Waals surface area (Å²) in [6.07, 6.45) is 4.54. The molecule has 1 saturated heterocycles. The van der Waals surface area contributed by atoms with Gasteiger partial charge in [0.2, 0.25) is 0 Å². The van der Waals surface area contributed by atoms with Crippen LogP contribution in [0.2, 0.25) is 0 Å². The summed E-state index contributed by atoms with van der Waals surface area (Å²) < 4.78 is 5.16. The van der Waals surface area contributed by atoms with Gasteiger partial charge < -0.3 is 14.5 Å². The van der Waals surface area contributed by atoms with Crippen LogP contribution in [-0.4, -0.2) is 55.5 Å². The summed E-state index contributed by atoms with van der Waals surface area (Å²) in [4.78, 5) is 19.2. The van der Waals surface area contributed by atoms with Gasteiger partial charge in [0.05, 0.1) is 11.5 Å². The van der Waals surface area contributed by atoms with E-state index < -0.39 is 0 Å². The summed E-state index contributed by atoms with van der Waals surface area (Å²) in [6, 6.07) is 14.9. The number of ether oxygens (including phenoxy) is 1. The highest BCUT2D eigenvalue weighted by molar-refractivity contribution is 7.14.